The zero-order chi connectivity index (χ0) is 12.9. The quantitative estimate of drug-likeness (QED) is 0.459. The van der Waals surface area contributed by atoms with E-state index in [2.05, 4.69) is 20.9 Å². The molecule has 1 atom stereocenters. The first-order chi connectivity index (χ1) is 8.58. The zero-order valence-corrected chi connectivity index (χ0v) is 10.8. The van der Waals surface area contributed by atoms with E-state index >= 15 is 0 Å². The molecule has 0 spiro atoms. The zero-order valence-electron chi connectivity index (χ0n) is 9.17. The molecule has 6 nitrogen and oxygen atoms in total. The Morgan fingerprint density at radius 1 is 1.50 bits per heavy atom. The average molecular weight is 310 g/mol. The van der Waals surface area contributed by atoms with Gasteiger partial charge in [0.25, 0.3) is 11.2 Å². The fourth-order valence-corrected chi connectivity index (χ4v) is 2.72. The molecular weight excluding hydrogens is 302 g/mol. The summed E-state index contributed by atoms with van der Waals surface area (Å²) < 4.78 is 1.62. The summed E-state index contributed by atoms with van der Waals surface area (Å²) in [5.74, 6) is 0.646. The van der Waals surface area contributed by atoms with Gasteiger partial charge in [0.15, 0.2) is 0 Å². The van der Waals surface area contributed by atoms with E-state index in [0.717, 1.165) is 6.42 Å². The molecule has 7 heteroatoms. The van der Waals surface area contributed by atoms with Crippen molar-refractivity contribution in [2.24, 2.45) is 0 Å². The summed E-state index contributed by atoms with van der Waals surface area (Å²) >= 11 is 3.45. The number of hydrogen-bond acceptors (Lipinski definition) is 4. The molecule has 2 aromatic rings. The highest BCUT2D eigenvalue weighted by Gasteiger charge is 2.24. The van der Waals surface area contributed by atoms with Gasteiger partial charge in [0.1, 0.15) is 5.82 Å². The highest BCUT2D eigenvalue weighted by Crippen LogP contribution is 2.31. The van der Waals surface area contributed by atoms with Crippen molar-refractivity contribution in [3.8, 4) is 0 Å². The molecule has 0 unspecified atom stereocenters. The number of halogens is 1. The third-order valence-electron chi connectivity index (χ3n) is 3.07. The van der Waals surface area contributed by atoms with Crippen LogP contribution in [0.1, 0.15) is 17.1 Å². The van der Waals surface area contributed by atoms with Gasteiger partial charge in [-0.25, -0.2) is 4.98 Å². The largest absolute Gasteiger partial charge is 0.295 e. The van der Waals surface area contributed by atoms with Crippen LogP contribution < -0.4 is 5.56 Å². The van der Waals surface area contributed by atoms with Crippen molar-refractivity contribution in [3.05, 3.63) is 44.5 Å². The van der Waals surface area contributed by atoms with Gasteiger partial charge in [-0.05, 0) is 12.5 Å². The lowest BCUT2D eigenvalue weighted by Crippen LogP contribution is -2.21. The third-order valence-corrected chi connectivity index (χ3v) is 3.93. The first-order valence-corrected chi connectivity index (χ1v) is 6.32. The van der Waals surface area contributed by atoms with Crippen LogP contribution in [0.2, 0.25) is 0 Å². The Morgan fingerprint density at radius 3 is 3.00 bits per heavy atom. The maximum absolute atomic E-state index is 12.2. The van der Waals surface area contributed by atoms with E-state index in [1.807, 2.05) is 0 Å². The number of rotatable bonds is 1. The summed E-state index contributed by atoms with van der Waals surface area (Å²) in [7, 11) is 0. The second-order valence-electron chi connectivity index (χ2n) is 4.14. The van der Waals surface area contributed by atoms with Crippen molar-refractivity contribution in [2.75, 3.05) is 0 Å². The molecule has 2 heterocycles. The van der Waals surface area contributed by atoms with Gasteiger partial charge in [0, 0.05) is 18.7 Å². The van der Waals surface area contributed by atoms with Gasteiger partial charge in [-0.3, -0.25) is 19.5 Å². The van der Waals surface area contributed by atoms with Crippen molar-refractivity contribution < 1.29 is 4.92 Å². The molecule has 1 aliphatic heterocycles. The molecule has 1 aromatic carbocycles. The van der Waals surface area contributed by atoms with Gasteiger partial charge in [-0.15, -0.1) is 0 Å². The van der Waals surface area contributed by atoms with Gasteiger partial charge < -0.3 is 0 Å². The lowest BCUT2D eigenvalue weighted by Gasteiger charge is -2.05. The number of nitro groups is 1. The molecule has 0 aliphatic carbocycles. The summed E-state index contributed by atoms with van der Waals surface area (Å²) in [6.07, 6.45) is 0.806. The monoisotopic (exact) mass is 309 g/mol. The maximum atomic E-state index is 12.2. The van der Waals surface area contributed by atoms with Crippen molar-refractivity contribution >= 4 is 32.5 Å². The Hall–Kier alpha value is -1.76. The molecule has 0 bridgehead atoms. The molecular formula is C11H8BrN3O3. The minimum atomic E-state index is -0.489. The summed E-state index contributed by atoms with van der Waals surface area (Å²) in [6, 6.07) is 4.15. The van der Waals surface area contributed by atoms with Gasteiger partial charge >= 0.3 is 0 Å². The van der Waals surface area contributed by atoms with E-state index in [0.29, 0.717) is 23.3 Å². The second kappa shape index (κ2) is 3.88. The Kier molecular flexibility index (Phi) is 2.44. The van der Waals surface area contributed by atoms with Crippen molar-refractivity contribution in [1.82, 2.24) is 9.55 Å². The first kappa shape index (κ1) is 11.3. The van der Waals surface area contributed by atoms with E-state index in [1.54, 1.807) is 4.57 Å². The third kappa shape index (κ3) is 1.54. The minimum absolute atomic E-state index is 0.0360. The van der Waals surface area contributed by atoms with Crippen LogP contribution in [0.25, 0.3) is 10.9 Å². The Labute approximate surface area is 110 Å². The number of non-ortho nitro benzene ring substituents is 1. The van der Waals surface area contributed by atoms with Gasteiger partial charge in [-0.1, -0.05) is 15.9 Å². The van der Waals surface area contributed by atoms with Crippen LogP contribution in [0, 0.1) is 10.1 Å². The minimum Gasteiger partial charge on any atom is -0.295 e. The van der Waals surface area contributed by atoms with Crippen LogP contribution in [-0.4, -0.2) is 14.5 Å². The van der Waals surface area contributed by atoms with Crippen LogP contribution in [0.5, 0.6) is 0 Å². The van der Waals surface area contributed by atoms with Crippen molar-refractivity contribution in [3.63, 3.8) is 0 Å². The van der Waals surface area contributed by atoms with E-state index in [9.17, 15) is 14.9 Å². The van der Waals surface area contributed by atoms with Crippen LogP contribution in [0.3, 0.4) is 0 Å². The highest BCUT2D eigenvalue weighted by molar-refractivity contribution is 9.09. The highest BCUT2D eigenvalue weighted by atomic mass is 79.9. The summed E-state index contributed by atoms with van der Waals surface area (Å²) in [4.78, 5) is 26.8. The van der Waals surface area contributed by atoms with E-state index in [1.165, 1.54) is 18.2 Å². The van der Waals surface area contributed by atoms with Gasteiger partial charge in [0.2, 0.25) is 0 Å². The number of hydrogen-bond donors (Lipinski definition) is 0. The van der Waals surface area contributed by atoms with E-state index in [4.69, 9.17) is 0 Å². The molecule has 0 fully saturated rings. The van der Waals surface area contributed by atoms with E-state index in [-0.39, 0.29) is 16.1 Å². The smallest absolute Gasteiger partial charge is 0.271 e. The van der Waals surface area contributed by atoms with Crippen molar-refractivity contribution in [2.45, 2.75) is 17.8 Å². The maximum Gasteiger partial charge on any atom is 0.271 e. The second-order valence-corrected chi connectivity index (χ2v) is 5.25. The molecule has 0 radical (unpaired) electrons. The van der Waals surface area contributed by atoms with Crippen LogP contribution in [0.15, 0.2) is 23.0 Å². The van der Waals surface area contributed by atoms with Gasteiger partial charge in [-0.2, -0.15) is 0 Å². The fourth-order valence-electron chi connectivity index (χ4n) is 2.17. The standard InChI is InChI=1S/C11H8BrN3O3/c12-8-3-4-14-10(8)13-9-5-6(15(17)18)1-2-7(9)11(14)16/h1-2,5,8H,3-4H2/t8-/m1/s1. The first-order valence-electron chi connectivity index (χ1n) is 5.41. The number of alkyl halides is 1. The number of nitrogens with zero attached hydrogens (tertiary/aromatic N) is 3. The van der Waals surface area contributed by atoms with Crippen LogP contribution >= 0.6 is 15.9 Å². The molecule has 1 aliphatic rings. The number of nitro benzene ring substituents is 1. The molecule has 0 N–H and O–H groups in total. The number of aromatic nitrogens is 2. The van der Waals surface area contributed by atoms with Crippen LogP contribution in [0.4, 0.5) is 5.69 Å². The number of fused-ring (bicyclic) bond motifs is 2. The predicted molar refractivity (Wildman–Crippen MR) is 68.9 cm³/mol. The lowest BCUT2D eigenvalue weighted by molar-refractivity contribution is -0.384. The SMILES string of the molecule is O=c1c2ccc([N+](=O)[O-])cc2nc2n1CC[C@H]2Br. The summed E-state index contributed by atoms with van der Waals surface area (Å²) in [5.41, 5.74) is 0.196. The topological polar surface area (TPSA) is 78.0 Å². The molecule has 0 saturated heterocycles. The van der Waals surface area contributed by atoms with Crippen molar-refractivity contribution in [1.29, 1.82) is 0 Å². The molecule has 0 amide bonds. The molecule has 1 aromatic heterocycles. The normalized spacial score (nSPS) is 17.9. The molecule has 18 heavy (non-hydrogen) atoms. The Bertz CT molecular complexity index is 725. The molecule has 3 rings (SSSR count). The van der Waals surface area contributed by atoms with Gasteiger partial charge in [0.05, 0.1) is 20.7 Å². The molecule has 92 valence electrons. The van der Waals surface area contributed by atoms with E-state index < -0.39 is 4.92 Å². The van der Waals surface area contributed by atoms with Crippen LogP contribution in [-0.2, 0) is 6.54 Å². The lowest BCUT2D eigenvalue weighted by atomic mass is 10.2. The predicted octanol–water partition coefficient (Wildman–Crippen LogP) is 2.14. The fraction of sp³-hybridized carbons (Fsp3) is 0.273. The molecule has 0 saturated carbocycles. The summed E-state index contributed by atoms with van der Waals surface area (Å²) in [6.45, 7) is 0.629. The summed E-state index contributed by atoms with van der Waals surface area (Å²) in [5, 5.41) is 11.1. The Balaban J connectivity index is 2.35. The average Bonchev–Trinajstić information content (AvgIpc) is 2.71. The Morgan fingerprint density at radius 2 is 2.28 bits per heavy atom. The number of benzene rings is 1.